The van der Waals surface area contributed by atoms with E-state index in [2.05, 4.69) is 0 Å². The summed E-state index contributed by atoms with van der Waals surface area (Å²) in [5, 5.41) is 0. The highest BCUT2D eigenvalue weighted by Gasteiger charge is 2.37. The summed E-state index contributed by atoms with van der Waals surface area (Å²) in [6.07, 6.45) is 0. The zero-order chi connectivity index (χ0) is 87.7. The van der Waals surface area contributed by atoms with Gasteiger partial charge in [0.2, 0.25) is 0 Å². The van der Waals surface area contributed by atoms with Gasteiger partial charge in [-0.3, -0.25) is 0 Å². The Morgan fingerprint density at radius 3 is 0.273 bits per heavy atom. The van der Waals surface area contributed by atoms with E-state index in [1.807, 2.05) is 291 Å². The highest BCUT2D eigenvalue weighted by atomic mass is 31.2. The van der Waals surface area contributed by atoms with E-state index in [4.69, 9.17) is 54.3 Å². The van der Waals surface area contributed by atoms with E-state index < -0.39 is 31.3 Å². The molecular formula is C108H84O16P4. The lowest BCUT2D eigenvalue weighted by molar-refractivity contribution is 0.296. The van der Waals surface area contributed by atoms with Crippen LogP contribution in [0.3, 0.4) is 0 Å². The lowest BCUT2D eigenvalue weighted by Gasteiger charge is -2.20. The van der Waals surface area contributed by atoms with Crippen LogP contribution in [-0.4, -0.2) is 0 Å². The summed E-state index contributed by atoms with van der Waals surface area (Å²) < 4.78 is 123. The van der Waals surface area contributed by atoms with E-state index in [-0.39, 0.29) is 0 Å². The fourth-order valence-corrected chi connectivity index (χ4v) is 17.7. The van der Waals surface area contributed by atoms with E-state index >= 15 is 0 Å². The van der Waals surface area contributed by atoms with E-state index in [1.54, 1.807) is 218 Å². The molecule has 0 aliphatic rings. The van der Waals surface area contributed by atoms with Crippen molar-refractivity contribution in [2.24, 2.45) is 0 Å². The molecule has 0 saturated heterocycles. The van der Waals surface area contributed by atoms with Gasteiger partial charge >= 0.3 is 31.3 Å². The fraction of sp³-hybridized carbons (Fsp3) is 0. The second-order valence-electron chi connectivity index (χ2n) is 28.1. The number of rotatable bonds is 30. The first-order chi connectivity index (χ1) is 62.7. The second-order valence-corrected chi connectivity index (χ2v) is 33.9. The maximum absolute atomic E-state index is 14.1. The molecule has 0 aliphatic carbocycles. The van der Waals surface area contributed by atoms with Crippen LogP contribution in [-0.2, 0) is 18.3 Å². The molecule has 128 heavy (non-hydrogen) atoms. The van der Waals surface area contributed by atoms with Crippen molar-refractivity contribution in [1.29, 1.82) is 0 Å². The summed E-state index contributed by atoms with van der Waals surface area (Å²) in [4.78, 5) is 0. The minimum Gasteiger partial charge on any atom is -0.386 e. The smallest absolute Gasteiger partial charge is 0.386 e. The lowest BCUT2D eigenvalue weighted by Crippen LogP contribution is -2.07. The van der Waals surface area contributed by atoms with E-state index in [9.17, 15) is 18.3 Å². The normalized spacial score (nSPS) is 10.9. The van der Waals surface area contributed by atoms with Gasteiger partial charge in [0.1, 0.15) is 69.0 Å². The second kappa shape index (κ2) is 43.7. The van der Waals surface area contributed by atoms with Crippen LogP contribution >= 0.6 is 31.3 Å². The molecule has 20 heteroatoms. The maximum Gasteiger partial charge on any atom is 0.647 e. The standard InChI is InChI=1S/C36H27O4P.C30H23O4P.C24H19O4P.C18H15O4P/c37-41(38-34-22-16-31(17-23-34)28-10-4-1-5-11-28,39-35-24-18-32(19-25-35)29-12-6-2-7-13-29)40-36-26-20-33(21-27-36)30-14-8-3-9-15-30;31-35(32-28-14-8-3-9-15-28,33-29-20-16-26(17-21-29)24-10-4-1-5-11-24)34-30-22-18-27(19-23-30)25-12-6-2-7-13-25;25-29(26-22-12-6-2-7-13-22,27-23-14-8-3-9-15-23)28-24-18-16-21(17-19-24)20-10-4-1-5-11-20;19-23(20-16-10-4-1-5-11-16,21-17-12-6-2-7-13-17)22-18-14-8-3-9-15-18/h1-27H;1-23H;1-19H;1-15H. The Morgan fingerprint density at radius 1 is 0.0938 bits per heavy atom. The van der Waals surface area contributed by atoms with Gasteiger partial charge in [0.15, 0.2) is 0 Å². The predicted octanol–water partition coefficient (Wildman–Crippen LogP) is 31.3. The van der Waals surface area contributed by atoms with E-state index in [0.29, 0.717) is 69.0 Å². The van der Waals surface area contributed by atoms with Gasteiger partial charge in [-0.05, 0) is 212 Å². The van der Waals surface area contributed by atoms with Crippen LogP contribution in [0, 0.1) is 0 Å². The first kappa shape index (κ1) is 87.4. The minimum absolute atomic E-state index is 0.370. The molecule has 0 N–H and O–H groups in total. The quantitative estimate of drug-likeness (QED) is 0.0388. The largest absolute Gasteiger partial charge is 0.647 e. The van der Waals surface area contributed by atoms with Gasteiger partial charge in [-0.25, -0.2) is 0 Å². The van der Waals surface area contributed by atoms with Crippen molar-refractivity contribution in [3.8, 4) is 136 Å². The van der Waals surface area contributed by atoms with Crippen molar-refractivity contribution in [3.05, 3.63) is 510 Å². The summed E-state index contributed by atoms with van der Waals surface area (Å²) in [5.41, 5.74) is 12.6. The van der Waals surface area contributed by atoms with Crippen LogP contribution < -0.4 is 54.3 Å². The van der Waals surface area contributed by atoms with Gasteiger partial charge in [-0.1, -0.05) is 364 Å². The zero-order valence-corrected chi connectivity index (χ0v) is 72.4. The van der Waals surface area contributed by atoms with Crippen molar-refractivity contribution in [1.82, 2.24) is 0 Å². The van der Waals surface area contributed by atoms with Crippen LogP contribution in [0.15, 0.2) is 510 Å². The van der Waals surface area contributed by atoms with E-state index in [0.717, 1.165) is 66.8 Å². The van der Waals surface area contributed by atoms with Crippen molar-refractivity contribution in [2.75, 3.05) is 0 Å². The first-order valence-electron chi connectivity index (χ1n) is 40.7. The lowest BCUT2D eigenvalue weighted by atomic mass is 10.1. The molecule has 0 amide bonds. The molecule has 0 unspecified atom stereocenters. The van der Waals surface area contributed by atoms with Gasteiger partial charge in [0.25, 0.3) is 0 Å². The Morgan fingerprint density at radius 2 is 0.172 bits per heavy atom. The number of phosphoric ester groups is 4. The third kappa shape index (κ3) is 26.3. The molecule has 0 spiro atoms. The molecule has 0 aliphatic heterocycles. The Balaban J connectivity index is 0.000000134. The molecule has 0 aromatic heterocycles. The van der Waals surface area contributed by atoms with Gasteiger partial charge in [-0.15, -0.1) is 0 Å². The van der Waals surface area contributed by atoms with Crippen LogP contribution in [0.25, 0.3) is 66.8 Å². The highest BCUT2D eigenvalue weighted by Crippen LogP contribution is 2.54. The molecule has 18 aromatic carbocycles. The van der Waals surface area contributed by atoms with Gasteiger partial charge in [0.05, 0.1) is 0 Å². The summed E-state index contributed by atoms with van der Waals surface area (Å²) in [6, 6.07) is 157. The molecular weight excluding hydrogens is 1680 g/mol. The zero-order valence-electron chi connectivity index (χ0n) is 68.8. The average Bonchev–Trinajstić information content (AvgIpc) is 0.786. The molecule has 18 aromatic rings. The SMILES string of the molecule is O=P(Oc1ccc(-c2ccccc2)cc1)(Oc1ccc(-c2ccccc2)cc1)Oc1ccc(-c2ccccc2)cc1.O=P(Oc1ccccc1)(Oc1ccc(-c2ccccc2)cc1)Oc1ccc(-c2ccccc2)cc1.O=P(Oc1ccccc1)(Oc1ccccc1)Oc1ccc(-c2ccccc2)cc1.O=P(Oc1ccccc1)(Oc1ccccc1)Oc1ccccc1. The molecule has 0 atom stereocenters. The molecule has 0 saturated carbocycles. The van der Waals surface area contributed by atoms with Crippen LogP contribution in [0.1, 0.15) is 0 Å². The summed E-state index contributed by atoms with van der Waals surface area (Å²) in [5.74, 6) is 4.65. The average molecular weight is 1760 g/mol. The third-order valence-electron chi connectivity index (χ3n) is 18.8. The van der Waals surface area contributed by atoms with Gasteiger partial charge < -0.3 is 54.3 Å². The molecule has 632 valence electrons. The number of benzene rings is 18. The number of hydrogen-bond donors (Lipinski definition) is 0. The van der Waals surface area contributed by atoms with Gasteiger partial charge in [-0.2, -0.15) is 18.3 Å². The van der Waals surface area contributed by atoms with E-state index in [1.165, 1.54) is 0 Å². The Hall–Kier alpha value is -15.5. The number of para-hydroxylation sites is 6. The van der Waals surface area contributed by atoms with Crippen molar-refractivity contribution in [3.63, 3.8) is 0 Å². The predicted molar refractivity (Wildman–Crippen MR) is 508 cm³/mol. The minimum atomic E-state index is -4.15. The molecule has 0 radical (unpaired) electrons. The highest BCUT2D eigenvalue weighted by molar-refractivity contribution is 7.50. The molecule has 16 nitrogen and oxygen atoms in total. The monoisotopic (exact) mass is 1760 g/mol. The maximum atomic E-state index is 14.1. The summed E-state index contributed by atoms with van der Waals surface area (Å²) in [7, 11) is -16.1. The topological polar surface area (TPSA) is 179 Å². The molecule has 0 fully saturated rings. The third-order valence-corrected chi connectivity index (χ3v) is 24.0. The molecule has 0 bridgehead atoms. The molecule has 18 rings (SSSR count). The Bertz CT molecular complexity index is 6140. The summed E-state index contributed by atoms with van der Waals surface area (Å²) >= 11 is 0. The Labute approximate surface area is 744 Å². The van der Waals surface area contributed by atoms with Crippen molar-refractivity contribution >= 4 is 31.3 Å². The van der Waals surface area contributed by atoms with Crippen LogP contribution in [0.5, 0.6) is 69.0 Å². The molecule has 0 heterocycles. The van der Waals surface area contributed by atoms with Crippen molar-refractivity contribution in [2.45, 2.75) is 0 Å². The van der Waals surface area contributed by atoms with Crippen LogP contribution in [0.4, 0.5) is 0 Å². The fourth-order valence-electron chi connectivity index (χ4n) is 12.7. The Kier molecular flexibility index (Phi) is 29.8. The van der Waals surface area contributed by atoms with Gasteiger partial charge in [0, 0.05) is 0 Å². The first-order valence-corrected chi connectivity index (χ1v) is 46.6. The van der Waals surface area contributed by atoms with Crippen LogP contribution in [0.2, 0.25) is 0 Å². The number of phosphoric acid groups is 4. The number of hydrogen-bond acceptors (Lipinski definition) is 16. The van der Waals surface area contributed by atoms with Crippen molar-refractivity contribution < 1.29 is 72.5 Å². The summed E-state index contributed by atoms with van der Waals surface area (Å²) in [6.45, 7) is 0.